The van der Waals surface area contributed by atoms with Crippen LogP contribution in [0.2, 0.25) is 0 Å². The minimum absolute atomic E-state index is 0.00147. The summed E-state index contributed by atoms with van der Waals surface area (Å²) in [6.45, 7) is 4.15. The summed E-state index contributed by atoms with van der Waals surface area (Å²) in [7, 11) is 4.69. The summed E-state index contributed by atoms with van der Waals surface area (Å²) in [4.78, 5) is 30.4. The third-order valence-electron chi connectivity index (χ3n) is 6.15. The number of aryl methyl sites for hydroxylation is 1. The molecule has 12 heteroatoms. The molecule has 36 heavy (non-hydrogen) atoms. The Bertz CT molecular complexity index is 1430. The predicted molar refractivity (Wildman–Crippen MR) is 128 cm³/mol. The van der Waals surface area contributed by atoms with Crippen molar-refractivity contribution in [2.45, 2.75) is 18.5 Å². The minimum atomic E-state index is -1.13. The minimum Gasteiger partial charge on any atom is -0.383 e. The standard InChI is InChI=1S/C24H25F2N7O3/c1-5-18(34)32-10-14(9-15(32)11-36-4)33-24(28-2)19(23(27)35)16(30-33)7-6-13-8-17-22(21(26)20(13)25)31(3)12-29-17/h5,8,12,14-15,28H,1,9-11H2,2-4H3,(H2,27,35)/t14?,15-/m1/s1. The maximum Gasteiger partial charge on any atom is 0.255 e. The molecule has 0 aliphatic carbocycles. The highest BCUT2D eigenvalue weighted by atomic mass is 19.2. The fraction of sp³-hybridized carbons (Fsp3) is 0.333. The average Bonchev–Trinajstić information content (AvgIpc) is 3.55. The van der Waals surface area contributed by atoms with Crippen molar-refractivity contribution in [3.63, 3.8) is 0 Å². The van der Waals surface area contributed by atoms with Gasteiger partial charge < -0.3 is 25.3 Å². The number of benzene rings is 1. The first-order valence-corrected chi connectivity index (χ1v) is 11.0. The molecule has 1 saturated heterocycles. The normalized spacial score (nSPS) is 17.2. The highest BCUT2D eigenvalue weighted by molar-refractivity contribution is 6.00. The molecule has 1 aliphatic rings. The summed E-state index contributed by atoms with van der Waals surface area (Å²) in [5.74, 6) is 2.27. The number of nitrogens with one attached hydrogen (secondary N) is 1. The zero-order valence-corrected chi connectivity index (χ0v) is 20.0. The first kappa shape index (κ1) is 24.9. The number of rotatable bonds is 6. The Balaban J connectivity index is 1.78. The Kier molecular flexibility index (Phi) is 6.76. The molecule has 0 radical (unpaired) electrons. The molecule has 1 unspecified atom stereocenters. The maximum atomic E-state index is 14.7. The van der Waals surface area contributed by atoms with Crippen LogP contribution in [0.4, 0.5) is 14.6 Å². The van der Waals surface area contributed by atoms with Crippen LogP contribution in [0, 0.1) is 23.5 Å². The first-order chi connectivity index (χ1) is 17.2. The van der Waals surface area contributed by atoms with Crippen molar-refractivity contribution < 1.29 is 23.1 Å². The molecule has 3 N–H and O–H groups in total. The molecule has 2 atom stereocenters. The van der Waals surface area contributed by atoms with Gasteiger partial charge in [0, 0.05) is 27.7 Å². The lowest BCUT2D eigenvalue weighted by atomic mass is 10.1. The van der Waals surface area contributed by atoms with Gasteiger partial charge in [0.1, 0.15) is 16.9 Å². The van der Waals surface area contributed by atoms with E-state index in [2.05, 4.69) is 33.8 Å². The van der Waals surface area contributed by atoms with Gasteiger partial charge in [-0.2, -0.15) is 5.10 Å². The van der Waals surface area contributed by atoms with Gasteiger partial charge in [0.15, 0.2) is 17.3 Å². The van der Waals surface area contributed by atoms with Crippen LogP contribution in [0.3, 0.4) is 0 Å². The molecule has 10 nitrogen and oxygen atoms in total. The molecular weight excluding hydrogens is 472 g/mol. The lowest BCUT2D eigenvalue weighted by molar-refractivity contribution is -0.127. The van der Waals surface area contributed by atoms with Crippen LogP contribution in [0.15, 0.2) is 25.0 Å². The second-order valence-corrected chi connectivity index (χ2v) is 8.35. The number of nitrogens with zero attached hydrogens (tertiary/aromatic N) is 5. The number of primary amides is 1. The van der Waals surface area contributed by atoms with E-state index < -0.39 is 17.5 Å². The number of hydrogen-bond donors (Lipinski definition) is 2. The smallest absolute Gasteiger partial charge is 0.255 e. The van der Waals surface area contributed by atoms with Crippen molar-refractivity contribution in [1.29, 1.82) is 0 Å². The number of likely N-dealkylation sites (tertiary alicyclic amines) is 1. The molecule has 0 spiro atoms. The van der Waals surface area contributed by atoms with E-state index in [0.717, 1.165) is 0 Å². The van der Waals surface area contributed by atoms with Gasteiger partial charge in [0.2, 0.25) is 5.91 Å². The molecule has 3 heterocycles. The molecule has 4 rings (SSSR count). The number of halogens is 2. The van der Waals surface area contributed by atoms with Gasteiger partial charge in [-0.15, -0.1) is 0 Å². The van der Waals surface area contributed by atoms with Gasteiger partial charge in [-0.3, -0.25) is 9.59 Å². The van der Waals surface area contributed by atoms with Crippen molar-refractivity contribution in [2.75, 3.05) is 32.6 Å². The molecule has 2 aromatic heterocycles. The third kappa shape index (κ3) is 4.18. The van der Waals surface area contributed by atoms with Crippen LogP contribution < -0.4 is 11.1 Å². The highest BCUT2D eigenvalue weighted by Crippen LogP contribution is 2.32. The highest BCUT2D eigenvalue weighted by Gasteiger charge is 2.37. The molecular formula is C24H25F2N7O3. The fourth-order valence-electron chi connectivity index (χ4n) is 4.53. The van der Waals surface area contributed by atoms with E-state index in [1.54, 1.807) is 30.8 Å². The molecule has 0 saturated carbocycles. The maximum absolute atomic E-state index is 14.7. The Morgan fingerprint density at radius 3 is 2.75 bits per heavy atom. The lowest BCUT2D eigenvalue weighted by Crippen LogP contribution is -2.37. The Morgan fingerprint density at radius 1 is 1.36 bits per heavy atom. The van der Waals surface area contributed by atoms with Gasteiger partial charge in [-0.1, -0.05) is 12.5 Å². The molecule has 1 aromatic carbocycles. The second-order valence-electron chi connectivity index (χ2n) is 8.35. The van der Waals surface area contributed by atoms with Crippen molar-refractivity contribution in [3.8, 4) is 11.8 Å². The zero-order valence-electron chi connectivity index (χ0n) is 20.0. The summed E-state index contributed by atoms with van der Waals surface area (Å²) in [5, 5.41) is 7.39. The summed E-state index contributed by atoms with van der Waals surface area (Å²) < 4.78 is 37.5. The van der Waals surface area contributed by atoms with Crippen LogP contribution in [0.5, 0.6) is 0 Å². The number of nitrogens with two attached hydrogens (primary N) is 1. The fourth-order valence-corrected chi connectivity index (χ4v) is 4.53. The predicted octanol–water partition coefficient (Wildman–Crippen LogP) is 1.56. The Hall–Kier alpha value is -4.24. The molecule has 0 bridgehead atoms. The van der Waals surface area contributed by atoms with Crippen molar-refractivity contribution in [1.82, 2.24) is 24.2 Å². The van der Waals surface area contributed by atoms with Crippen LogP contribution in [0.25, 0.3) is 11.0 Å². The average molecular weight is 498 g/mol. The molecule has 1 fully saturated rings. The summed E-state index contributed by atoms with van der Waals surface area (Å²) in [5.41, 5.74) is 5.64. The van der Waals surface area contributed by atoms with Crippen LogP contribution in [-0.2, 0) is 16.6 Å². The van der Waals surface area contributed by atoms with Gasteiger partial charge >= 0.3 is 0 Å². The van der Waals surface area contributed by atoms with Gasteiger partial charge in [0.05, 0.1) is 36.1 Å². The lowest BCUT2D eigenvalue weighted by Gasteiger charge is -2.22. The van der Waals surface area contributed by atoms with E-state index in [4.69, 9.17) is 10.5 Å². The number of imidazole rings is 1. The number of fused-ring (bicyclic) bond motifs is 1. The van der Waals surface area contributed by atoms with Gasteiger partial charge in [-0.05, 0) is 24.5 Å². The van der Waals surface area contributed by atoms with E-state index in [-0.39, 0.29) is 52.4 Å². The summed E-state index contributed by atoms with van der Waals surface area (Å²) >= 11 is 0. The van der Waals surface area contributed by atoms with Gasteiger partial charge in [0.25, 0.3) is 5.91 Å². The number of ether oxygens (including phenoxy) is 1. The molecule has 2 amide bonds. The van der Waals surface area contributed by atoms with Crippen molar-refractivity contribution >= 4 is 28.7 Å². The van der Waals surface area contributed by atoms with E-state index in [9.17, 15) is 18.4 Å². The van der Waals surface area contributed by atoms with Crippen LogP contribution in [0.1, 0.15) is 34.1 Å². The van der Waals surface area contributed by atoms with E-state index in [0.29, 0.717) is 18.8 Å². The number of hydrogen-bond acceptors (Lipinski definition) is 6. The molecule has 188 valence electrons. The number of carbonyl (C=O) groups excluding carboxylic acids is 2. The number of methoxy groups -OCH3 is 1. The topological polar surface area (TPSA) is 120 Å². The van der Waals surface area contributed by atoms with E-state index in [1.807, 2.05) is 0 Å². The van der Waals surface area contributed by atoms with Crippen LogP contribution in [-0.4, -0.2) is 69.4 Å². The van der Waals surface area contributed by atoms with Gasteiger partial charge in [-0.25, -0.2) is 18.4 Å². The number of amides is 2. The summed E-state index contributed by atoms with van der Waals surface area (Å²) in [6.07, 6.45) is 3.09. The first-order valence-electron chi connectivity index (χ1n) is 11.0. The number of carbonyl (C=O) groups is 2. The Labute approximate surface area is 205 Å². The summed E-state index contributed by atoms with van der Waals surface area (Å²) in [6, 6.07) is 0.767. The quantitative estimate of drug-likeness (QED) is 0.394. The zero-order chi connectivity index (χ0) is 26.1. The van der Waals surface area contributed by atoms with Crippen LogP contribution >= 0.6 is 0 Å². The van der Waals surface area contributed by atoms with E-state index >= 15 is 0 Å². The SMILES string of the molecule is C=CC(=O)N1CC(n2nc(C#Cc3cc4ncn(C)c4c(F)c3F)c(C(N)=O)c2NC)C[C@@H]1COC. The number of aromatic nitrogens is 4. The van der Waals surface area contributed by atoms with Crippen molar-refractivity contribution in [2.24, 2.45) is 12.8 Å². The monoisotopic (exact) mass is 497 g/mol. The second kappa shape index (κ2) is 9.79. The largest absolute Gasteiger partial charge is 0.383 e. The number of anilines is 1. The molecule has 3 aromatic rings. The molecule has 1 aliphatic heterocycles. The Morgan fingerprint density at radius 2 is 2.11 bits per heavy atom. The third-order valence-corrected chi connectivity index (χ3v) is 6.15. The van der Waals surface area contributed by atoms with Crippen molar-refractivity contribution in [3.05, 3.63) is 53.5 Å². The van der Waals surface area contributed by atoms with E-state index in [1.165, 1.54) is 23.0 Å².